The molecule has 1 rings (SSSR count). The molecule has 0 radical (unpaired) electrons. The molecule has 0 aliphatic carbocycles. The number of benzene rings is 1. The Kier molecular flexibility index (Phi) is 9.42. The van der Waals surface area contributed by atoms with E-state index < -0.39 is 47.3 Å². The van der Waals surface area contributed by atoms with E-state index in [9.17, 15) is 23.6 Å². The molecule has 0 saturated heterocycles. The molecule has 2 atom stereocenters. The number of carbonyl (C=O) groups excluding carboxylic acids is 4. The van der Waals surface area contributed by atoms with E-state index in [0.29, 0.717) is 0 Å². The zero-order valence-electron chi connectivity index (χ0n) is 17.9. The van der Waals surface area contributed by atoms with Gasteiger partial charge in [-0.2, -0.15) is 0 Å². The fraction of sp³-hybridized carbons (Fsp3) is 0.524. The van der Waals surface area contributed by atoms with Gasteiger partial charge in [0.05, 0.1) is 7.11 Å². The van der Waals surface area contributed by atoms with Crippen LogP contribution in [0.2, 0.25) is 0 Å². The number of methoxy groups -OCH3 is 1. The van der Waals surface area contributed by atoms with Crippen molar-refractivity contribution in [1.82, 2.24) is 10.6 Å². The van der Waals surface area contributed by atoms with Crippen LogP contribution in [0.25, 0.3) is 0 Å². The fourth-order valence-electron chi connectivity index (χ4n) is 2.66. The molecule has 1 aromatic carbocycles. The molecule has 30 heavy (non-hydrogen) atoms. The molecule has 0 aliphatic heterocycles. The van der Waals surface area contributed by atoms with Crippen molar-refractivity contribution in [3.8, 4) is 0 Å². The molecule has 0 saturated carbocycles. The Balaban J connectivity index is 2.88. The lowest BCUT2D eigenvalue weighted by Gasteiger charge is -2.23. The molecule has 0 heterocycles. The average molecular weight is 424 g/mol. The smallest absolute Gasteiger partial charge is 0.328 e. The van der Waals surface area contributed by atoms with Gasteiger partial charge in [0.2, 0.25) is 11.8 Å². The van der Waals surface area contributed by atoms with E-state index in [1.165, 1.54) is 25.1 Å². The SMILES string of the molecule is COC(=O)[C@@H](CCC(=O)OC(C)(C)C)NC(=O)[C@@H](Cc1ccccc1F)NC(C)=O. The van der Waals surface area contributed by atoms with Gasteiger partial charge in [0.15, 0.2) is 0 Å². The number of ether oxygens (including phenoxy) is 2. The lowest BCUT2D eigenvalue weighted by atomic mass is 10.0. The summed E-state index contributed by atoms with van der Waals surface area (Å²) in [5, 5.41) is 4.92. The van der Waals surface area contributed by atoms with Gasteiger partial charge in [0.25, 0.3) is 0 Å². The third-order valence-electron chi connectivity index (χ3n) is 3.94. The minimum absolute atomic E-state index is 0.0557. The van der Waals surface area contributed by atoms with Crippen molar-refractivity contribution < 1.29 is 33.0 Å². The van der Waals surface area contributed by atoms with Crippen molar-refractivity contribution in [2.45, 2.75) is 64.6 Å². The van der Waals surface area contributed by atoms with Gasteiger partial charge in [-0.15, -0.1) is 0 Å². The van der Waals surface area contributed by atoms with Crippen molar-refractivity contribution in [2.75, 3.05) is 7.11 Å². The quantitative estimate of drug-likeness (QED) is 0.583. The fourth-order valence-corrected chi connectivity index (χ4v) is 2.66. The summed E-state index contributed by atoms with van der Waals surface area (Å²) in [6.45, 7) is 6.36. The molecule has 2 N–H and O–H groups in total. The maximum Gasteiger partial charge on any atom is 0.328 e. The summed E-state index contributed by atoms with van der Waals surface area (Å²) in [5.41, 5.74) is -0.452. The summed E-state index contributed by atoms with van der Waals surface area (Å²) in [6, 6.07) is 3.61. The van der Waals surface area contributed by atoms with Gasteiger partial charge in [0.1, 0.15) is 23.5 Å². The molecule has 0 fully saturated rings. The molecule has 8 nitrogen and oxygen atoms in total. The highest BCUT2D eigenvalue weighted by atomic mass is 19.1. The van der Waals surface area contributed by atoms with Crippen LogP contribution < -0.4 is 10.6 Å². The third kappa shape index (κ3) is 9.02. The number of carbonyl (C=O) groups is 4. The molecule has 0 aliphatic rings. The van der Waals surface area contributed by atoms with Gasteiger partial charge in [-0.25, -0.2) is 9.18 Å². The Morgan fingerprint density at radius 3 is 2.23 bits per heavy atom. The van der Waals surface area contributed by atoms with Gasteiger partial charge < -0.3 is 20.1 Å². The predicted octanol–water partition coefficient (Wildman–Crippen LogP) is 1.65. The van der Waals surface area contributed by atoms with Gasteiger partial charge in [-0.1, -0.05) is 18.2 Å². The first-order valence-electron chi connectivity index (χ1n) is 9.53. The Morgan fingerprint density at radius 2 is 1.70 bits per heavy atom. The second kappa shape index (κ2) is 11.3. The van der Waals surface area contributed by atoms with Crippen LogP contribution in [-0.4, -0.2) is 48.5 Å². The summed E-state index contributed by atoms with van der Waals surface area (Å²) in [4.78, 5) is 48.2. The van der Waals surface area contributed by atoms with Crippen LogP contribution in [0.4, 0.5) is 4.39 Å². The van der Waals surface area contributed by atoms with Crippen LogP contribution in [0.1, 0.15) is 46.1 Å². The number of esters is 2. The monoisotopic (exact) mass is 424 g/mol. The lowest BCUT2D eigenvalue weighted by molar-refractivity contribution is -0.155. The topological polar surface area (TPSA) is 111 Å². The second-order valence-corrected chi connectivity index (χ2v) is 7.76. The largest absolute Gasteiger partial charge is 0.467 e. The highest BCUT2D eigenvalue weighted by Crippen LogP contribution is 2.12. The molecule has 1 aromatic rings. The molecule has 0 bridgehead atoms. The van der Waals surface area contributed by atoms with Crippen molar-refractivity contribution >= 4 is 23.8 Å². The van der Waals surface area contributed by atoms with E-state index in [4.69, 9.17) is 9.47 Å². The number of halogens is 1. The number of hydrogen-bond donors (Lipinski definition) is 2. The van der Waals surface area contributed by atoms with Crippen LogP contribution in [-0.2, 0) is 35.1 Å². The van der Waals surface area contributed by atoms with E-state index in [1.54, 1.807) is 26.8 Å². The molecule has 0 aromatic heterocycles. The van der Waals surface area contributed by atoms with E-state index in [2.05, 4.69) is 10.6 Å². The first-order chi connectivity index (χ1) is 13.9. The van der Waals surface area contributed by atoms with Crippen molar-refractivity contribution in [3.63, 3.8) is 0 Å². The van der Waals surface area contributed by atoms with Gasteiger partial charge in [-0.05, 0) is 38.8 Å². The molecule has 2 amide bonds. The average Bonchev–Trinajstić information content (AvgIpc) is 2.63. The Bertz CT molecular complexity index is 775. The number of hydrogen-bond acceptors (Lipinski definition) is 6. The van der Waals surface area contributed by atoms with Gasteiger partial charge in [-0.3, -0.25) is 14.4 Å². The minimum Gasteiger partial charge on any atom is -0.467 e. The molecule has 0 unspecified atom stereocenters. The number of amides is 2. The maximum atomic E-state index is 14.0. The van der Waals surface area contributed by atoms with Crippen LogP contribution in [0.3, 0.4) is 0 Å². The standard InChI is InChI=1S/C21H29FN2O6/c1-13(25)23-17(12-14-8-6-7-9-15(14)22)19(27)24-16(20(28)29-5)10-11-18(26)30-21(2,3)4/h6-9,16-17H,10-12H2,1-5H3,(H,23,25)(H,24,27)/t16-,17-/m1/s1. The van der Waals surface area contributed by atoms with Crippen molar-refractivity contribution in [1.29, 1.82) is 0 Å². The van der Waals surface area contributed by atoms with E-state index in [0.717, 1.165) is 7.11 Å². The van der Waals surface area contributed by atoms with E-state index in [-0.39, 0.29) is 24.8 Å². The second-order valence-electron chi connectivity index (χ2n) is 7.76. The zero-order chi connectivity index (χ0) is 22.9. The Morgan fingerprint density at radius 1 is 1.07 bits per heavy atom. The predicted molar refractivity (Wildman–Crippen MR) is 107 cm³/mol. The zero-order valence-corrected chi connectivity index (χ0v) is 17.9. The molecule has 9 heteroatoms. The molecule has 0 spiro atoms. The number of rotatable bonds is 9. The van der Waals surface area contributed by atoms with Crippen LogP contribution in [0.5, 0.6) is 0 Å². The lowest BCUT2D eigenvalue weighted by Crippen LogP contribution is -2.52. The third-order valence-corrected chi connectivity index (χ3v) is 3.94. The highest BCUT2D eigenvalue weighted by molar-refractivity contribution is 5.90. The highest BCUT2D eigenvalue weighted by Gasteiger charge is 2.28. The summed E-state index contributed by atoms with van der Waals surface area (Å²) < 4.78 is 23.9. The summed E-state index contributed by atoms with van der Waals surface area (Å²) >= 11 is 0. The van der Waals surface area contributed by atoms with Crippen LogP contribution in [0, 0.1) is 5.82 Å². The van der Waals surface area contributed by atoms with Crippen molar-refractivity contribution in [3.05, 3.63) is 35.6 Å². The Labute approximate surface area is 175 Å². The van der Waals surface area contributed by atoms with Crippen molar-refractivity contribution in [2.24, 2.45) is 0 Å². The van der Waals surface area contributed by atoms with Gasteiger partial charge >= 0.3 is 11.9 Å². The summed E-state index contributed by atoms with van der Waals surface area (Å²) in [6.07, 6.45) is -0.298. The minimum atomic E-state index is -1.13. The Hall–Kier alpha value is -2.97. The summed E-state index contributed by atoms with van der Waals surface area (Å²) in [5.74, 6) is -2.99. The molecular formula is C21H29FN2O6. The maximum absolute atomic E-state index is 14.0. The first-order valence-corrected chi connectivity index (χ1v) is 9.53. The van der Waals surface area contributed by atoms with E-state index in [1.807, 2.05) is 0 Å². The normalized spacial score (nSPS) is 13.0. The van der Waals surface area contributed by atoms with Crippen LogP contribution in [0.15, 0.2) is 24.3 Å². The van der Waals surface area contributed by atoms with E-state index >= 15 is 0 Å². The molecular weight excluding hydrogens is 395 g/mol. The summed E-state index contributed by atoms with van der Waals surface area (Å²) in [7, 11) is 1.15. The van der Waals surface area contributed by atoms with Crippen LogP contribution >= 0.6 is 0 Å². The molecule has 166 valence electrons. The first kappa shape index (κ1) is 25.1. The van der Waals surface area contributed by atoms with Gasteiger partial charge in [0, 0.05) is 19.8 Å². The number of nitrogens with one attached hydrogen (secondary N) is 2.